The summed E-state index contributed by atoms with van der Waals surface area (Å²) in [5.74, 6) is -0.681. The maximum absolute atomic E-state index is 13.0. The molecule has 0 unspecified atom stereocenters. The second-order valence-electron chi connectivity index (χ2n) is 8.81. The Morgan fingerprint density at radius 3 is 2.00 bits per heavy atom. The number of ether oxygens (including phenoxy) is 1. The first kappa shape index (κ1) is 24.8. The van der Waals surface area contributed by atoms with E-state index in [1.807, 2.05) is 54.6 Å². The Morgan fingerprint density at radius 1 is 0.886 bits per heavy atom. The molecule has 0 spiro atoms. The van der Waals surface area contributed by atoms with E-state index < -0.39 is 22.0 Å². The van der Waals surface area contributed by atoms with E-state index in [-0.39, 0.29) is 16.9 Å². The van der Waals surface area contributed by atoms with Gasteiger partial charge in [-0.05, 0) is 79.1 Å². The fourth-order valence-electron chi connectivity index (χ4n) is 4.56. The van der Waals surface area contributed by atoms with Crippen molar-refractivity contribution in [2.75, 3.05) is 12.4 Å². The summed E-state index contributed by atoms with van der Waals surface area (Å²) >= 11 is 0. The van der Waals surface area contributed by atoms with E-state index in [0.29, 0.717) is 12.8 Å². The molecule has 7 nitrogen and oxygen atoms in total. The zero-order chi connectivity index (χ0) is 24.8. The largest absolute Gasteiger partial charge is 0.497 e. The second-order valence-corrected chi connectivity index (χ2v) is 10.5. The Hall–Kier alpha value is -3.36. The van der Waals surface area contributed by atoms with Crippen LogP contribution >= 0.6 is 0 Å². The van der Waals surface area contributed by atoms with Crippen molar-refractivity contribution in [1.82, 2.24) is 4.72 Å². The molecule has 4 rings (SSSR count). The lowest BCUT2D eigenvalue weighted by molar-refractivity contribution is -0.140. The number of anilines is 1. The Balaban J connectivity index is 1.40. The van der Waals surface area contributed by atoms with Gasteiger partial charge in [0.15, 0.2) is 0 Å². The minimum Gasteiger partial charge on any atom is -0.497 e. The number of aliphatic carboxylic acids is 1. The first-order valence-corrected chi connectivity index (χ1v) is 13.2. The molecule has 35 heavy (non-hydrogen) atoms. The van der Waals surface area contributed by atoms with Gasteiger partial charge in [-0.3, -0.25) is 4.79 Å². The van der Waals surface area contributed by atoms with Crippen LogP contribution in [0, 0.1) is 5.92 Å². The summed E-state index contributed by atoms with van der Waals surface area (Å²) < 4.78 is 33.7. The topological polar surface area (TPSA) is 105 Å². The standard InChI is InChI=1S/C27H30N2O5S/c1-34-24-15-9-19(10-16-24)20-11-17-25(18-12-20)35(32,33)29-26(27(30)31)21-7-13-23(14-8-21)28-22-5-3-2-4-6-22/h2-6,9-12,15-18,21,23,26,28-29H,7-8,13-14H2,1H3,(H,30,31)/t21?,23?,26-/m1/s1. The molecule has 0 heterocycles. The van der Waals surface area contributed by atoms with Crippen LogP contribution in [0.25, 0.3) is 11.1 Å². The molecule has 1 fully saturated rings. The summed E-state index contributed by atoms with van der Waals surface area (Å²) in [7, 11) is -2.40. The van der Waals surface area contributed by atoms with Crippen LogP contribution in [0.3, 0.4) is 0 Å². The highest BCUT2D eigenvalue weighted by Gasteiger charge is 2.35. The summed E-state index contributed by atoms with van der Waals surface area (Å²) in [6.45, 7) is 0. The molecule has 3 aromatic carbocycles. The fourth-order valence-corrected chi connectivity index (χ4v) is 5.82. The fraction of sp³-hybridized carbons (Fsp3) is 0.296. The molecule has 184 valence electrons. The van der Waals surface area contributed by atoms with Crippen molar-refractivity contribution in [2.24, 2.45) is 5.92 Å². The van der Waals surface area contributed by atoms with Crippen molar-refractivity contribution in [2.45, 2.75) is 42.7 Å². The van der Waals surface area contributed by atoms with E-state index in [1.54, 1.807) is 19.2 Å². The van der Waals surface area contributed by atoms with Crippen molar-refractivity contribution in [3.63, 3.8) is 0 Å². The summed E-state index contributed by atoms with van der Waals surface area (Å²) in [6.07, 6.45) is 2.81. The Morgan fingerprint density at radius 2 is 1.46 bits per heavy atom. The SMILES string of the molecule is COc1ccc(-c2ccc(S(=O)(=O)N[C@@H](C(=O)O)C3CCC(Nc4ccccc4)CC3)cc2)cc1. The Bertz CT molecular complexity index is 1220. The molecule has 0 saturated heterocycles. The van der Waals surface area contributed by atoms with Crippen molar-refractivity contribution < 1.29 is 23.1 Å². The number of benzene rings is 3. The Labute approximate surface area is 206 Å². The highest BCUT2D eigenvalue weighted by molar-refractivity contribution is 7.89. The predicted molar refractivity (Wildman–Crippen MR) is 136 cm³/mol. The van der Waals surface area contributed by atoms with Gasteiger partial charge in [0.25, 0.3) is 0 Å². The van der Waals surface area contributed by atoms with E-state index in [4.69, 9.17) is 4.74 Å². The second kappa shape index (κ2) is 10.9. The molecule has 1 atom stereocenters. The van der Waals surface area contributed by atoms with E-state index in [0.717, 1.165) is 35.4 Å². The number of carboxylic acids is 1. The number of sulfonamides is 1. The molecule has 1 aliphatic rings. The monoisotopic (exact) mass is 494 g/mol. The molecular weight excluding hydrogens is 464 g/mol. The summed E-state index contributed by atoms with van der Waals surface area (Å²) in [6, 6.07) is 22.9. The smallest absolute Gasteiger partial charge is 0.322 e. The molecule has 3 N–H and O–H groups in total. The lowest BCUT2D eigenvalue weighted by Crippen LogP contribution is -2.47. The third-order valence-corrected chi connectivity index (χ3v) is 7.98. The van der Waals surface area contributed by atoms with E-state index in [1.165, 1.54) is 12.1 Å². The number of hydrogen-bond donors (Lipinski definition) is 3. The van der Waals surface area contributed by atoms with Gasteiger partial charge in [-0.25, -0.2) is 8.42 Å². The van der Waals surface area contributed by atoms with Gasteiger partial charge in [0.2, 0.25) is 10.0 Å². The molecule has 8 heteroatoms. The van der Waals surface area contributed by atoms with E-state index in [2.05, 4.69) is 10.0 Å². The lowest BCUT2D eigenvalue weighted by atomic mass is 9.81. The average Bonchev–Trinajstić information content (AvgIpc) is 2.88. The van der Waals surface area contributed by atoms with Crippen LogP contribution in [0.1, 0.15) is 25.7 Å². The predicted octanol–water partition coefficient (Wildman–Crippen LogP) is 4.76. The highest BCUT2D eigenvalue weighted by Crippen LogP contribution is 2.30. The van der Waals surface area contributed by atoms with Crippen molar-refractivity contribution in [1.29, 1.82) is 0 Å². The lowest BCUT2D eigenvalue weighted by Gasteiger charge is -2.33. The number of hydrogen-bond acceptors (Lipinski definition) is 5. The van der Waals surface area contributed by atoms with Crippen molar-refractivity contribution >= 4 is 21.7 Å². The molecule has 0 aromatic heterocycles. The number of para-hydroxylation sites is 1. The number of methoxy groups -OCH3 is 1. The van der Waals surface area contributed by atoms with Crippen molar-refractivity contribution in [3.05, 3.63) is 78.9 Å². The molecule has 1 saturated carbocycles. The maximum atomic E-state index is 13.0. The number of carbonyl (C=O) groups is 1. The summed E-state index contributed by atoms with van der Waals surface area (Å²) in [5.41, 5.74) is 2.81. The molecule has 0 radical (unpaired) electrons. The van der Waals surface area contributed by atoms with Gasteiger partial charge < -0.3 is 15.2 Å². The van der Waals surface area contributed by atoms with Gasteiger partial charge in [-0.15, -0.1) is 0 Å². The van der Waals surface area contributed by atoms with Crippen LogP contribution in [0.15, 0.2) is 83.8 Å². The molecule has 0 aliphatic heterocycles. The van der Waals surface area contributed by atoms with Gasteiger partial charge in [0.05, 0.1) is 12.0 Å². The summed E-state index contributed by atoms with van der Waals surface area (Å²) in [4.78, 5) is 12.1. The average molecular weight is 495 g/mol. The van der Waals surface area contributed by atoms with E-state index >= 15 is 0 Å². The normalized spacial score (nSPS) is 19.0. The van der Waals surface area contributed by atoms with Crippen LogP contribution in [0.5, 0.6) is 5.75 Å². The first-order chi connectivity index (χ1) is 16.9. The number of nitrogens with one attached hydrogen (secondary N) is 2. The van der Waals surface area contributed by atoms with Crippen LogP contribution in [0.2, 0.25) is 0 Å². The van der Waals surface area contributed by atoms with E-state index in [9.17, 15) is 18.3 Å². The zero-order valence-corrected chi connectivity index (χ0v) is 20.4. The third-order valence-electron chi connectivity index (χ3n) is 6.52. The number of rotatable bonds is 9. The maximum Gasteiger partial charge on any atom is 0.322 e. The zero-order valence-electron chi connectivity index (χ0n) is 19.6. The van der Waals surface area contributed by atoms with Crippen LogP contribution < -0.4 is 14.8 Å². The van der Waals surface area contributed by atoms with Gasteiger partial charge >= 0.3 is 5.97 Å². The molecule has 1 aliphatic carbocycles. The molecule has 0 amide bonds. The first-order valence-electron chi connectivity index (χ1n) is 11.7. The molecule has 3 aromatic rings. The van der Waals surface area contributed by atoms with Crippen LogP contribution in [-0.4, -0.2) is 38.7 Å². The highest BCUT2D eigenvalue weighted by atomic mass is 32.2. The quantitative estimate of drug-likeness (QED) is 0.396. The Kier molecular flexibility index (Phi) is 7.73. The van der Waals surface area contributed by atoms with Gasteiger partial charge in [-0.1, -0.05) is 42.5 Å². The van der Waals surface area contributed by atoms with Gasteiger partial charge in [-0.2, -0.15) is 4.72 Å². The van der Waals surface area contributed by atoms with Crippen molar-refractivity contribution in [3.8, 4) is 16.9 Å². The minimum absolute atomic E-state index is 0.0421. The van der Waals surface area contributed by atoms with Crippen LogP contribution in [0.4, 0.5) is 5.69 Å². The molecule has 0 bridgehead atoms. The van der Waals surface area contributed by atoms with Gasteiger partial charge in [0.1, 0.15) is 11.8 Å². The van der Waals surface area contributed by atoms with Gasteiger partial charge in [0, 0.05) is 11.7 Å². The number of carboxylic acid groups (broad SMARTS) is 1. The minimum atomic E-state index is -3.99. The van der Waals surface area contributed by atoms with Crippen LogP contribution in [-0.2, 0) is 14.8 Å². The summed E-state index contributed by atoms with van der Waals surface area (Å²) in [5, 5.41) is 13.3. The molecular formula is C27H30N2O5S. The third kappa shape index (κ3) is 6.21.